The third-order valence-electron chi connectivity index (χ3n) is 6.01. The van der Waals surface area contributed by atoms with Crippen molar-refractivity contribution in [1.29, 1.82) is 0 Å². The number of hydrogen-bond donors (Lipinski definition) is 1. The number of ketones is 1. The molecule has 0 saturated carbocycles. The van der Waals surface area contributed by atoms with Gasteiger partial charge in [-0.1, -0.05) is 12.1 Å². The van der Waals surface area contributed by atoms with Crippen LogP contribution in [0.15, 0.2) is 60.6 Å². The number of Topliss-reactive ketones (excluding diaryl/α,β-unsaturated/α-hetero) is 1. The van der Waals surface area contributed by atoms with E-state index in [1.54, 1.807) is 11.2 Å². The Morgan fingerprint density at radius 1 is 1.12 bits per heavy atom. The van der Waals surface area contributed by atoms with E-state index in [2.05, 4.69) is 9.97 Å². The predicted octanol–water partition coefficient (Wildman–Crippen LogP) is 5.15. The number of halogens is 1. The second-order valence-corrected chi connectivity index (χ2v) is 8.08. The first-order valence-electron chi connectivity index (χ1n) is 11.5. The van der Waals surface area contributed by atoms with E-state index in [9.17, 15) is 9.59 Å². The molecule has 178 valence electrons. The van der Waals surface area contributed by atoms with Gasteiger partial charge in [0.1, 0.15) is 5.75 Å². The standard InChI is InChI=1S/C27H29N3O3.ClH/c1-3-30(4-2)27(32)20-7-5-19(6-8-20)15-22-10-9-21-16-24(11-12-25(21)26(22)31)33-14-13-23-17-28-18-29-23;/h5-8,11-12,15-18H,3-4,9-10,13-14H2,1-2H3,(H,28,29);1H. The maximum Gasteiger partial charge on any atom is 0.253 e. The van der Waals surface area contributed by atoms with Crippen molar-refractivity contribution in [3.63, 3.8) is 0 Å². The van der Waals surface area contributed by atoms with Gasteiger partial charge in [0, 0.05) is 42.4 Å². The van der Waals surface area contributed by atoms with Gasteiger partial charge < -0.3 is 14.6 Å². The molecule has 2 aromatic carbocycles. The molecule has 1 aliphatic carbocycles. The highest BCUT2D eigenvalue weighted by atomic mass is 35.5. The lowest BCUT2D eigenvalue weighted by Crippen LogP contribution is -2.30. The van der Waals surface area contributed by atoms with Gasteiger partial charge in [0.2, 0.25) is 0 Å². The lowest BCUT2D eigenvalue weighted by molar-refractivity contribution is 0.0772. The quantitative estimate of drug-likeness (QED) is 0.453. The summed E-state index contributed by atoms with van der Waals surface area (Å²) in [5, 5.41) is 0. The Balaban J connectivity index is 0.00000324. The lowest BCUT2D eigenvalue weighted by Gasteiger charge is -2.19. The number of fused-ring (bicyclic) bond motifs is 1. The maximum absolute atomic E-state index is 13.1. The fraction of sp³-hybridized carbons (Fsp3) is 0.296. The van der Waals surface area contributed by atoms with Crippen LogP contribution in [0.2, 0.25) is 0 Å². The van der Waals surface area contributed by atoms with E-state index in [-0.39, 0.29) is 24.1 Å². The molecule has 0 bridgehead atoms. The number of H-pyrrole nitrogens is 1. The van der Waals surface area contributed by atoms with Gasteiger partial charge in [-0.15, -0.1) is 12.4 Å². The summed E-state index contributed by atoms with van der Waals surface area (Å²) in [6.07, 6.45) is 7.66. The average molecular weight is 480 g/mol. The molecule has 7 heteroatoms. The average Bonchev–Trinajstić information content (AvgIpc) is 3.36. The number of aromatic nitrogens is 2. The minimum atomic E-state index is 0. The summed E-state index contributed by atoms with van der Waals surface area (Å²) < 4.78 is 5.86. The molecule has 0 unspecified atom stereocenters. The van der Waals surface area contributed by atoms with E-state index in [0.717, 1.165) is 46.5 Å². The molecular weight excluding hydrogens is 450 g/mol. The number of rotatable bonds is 8. The number of carbonyl (C=O) groups is 2. The van der Waals surface area contributed by atoms with Crippen molar-refractivity contribution in [3.8, 4) is 5.75 Å². The van der Waals surface area contributed by atoms with Crippen LogP contribution in [0.4, 0.5) is 0 Å². The Morgan fingerprint density at radius 2 is 1.88 bits per heavy atom. The molecule has 3 aromatic rings. The molecule has 1 aliphatic rings. The second kappa shape index (κ2) is 11.7. The first-order valence-corrected chi connectivity index (χ1v) is 11.5. The maximum atomic E-state index is 13.1. The molecule has 0 saturated heterocycles. The molecular formula is C27H30ClN3O3. The van der Waals surface area contributed by atoms with Crippen LogP contribution in [0.25, 0.3) is 6.08 Å². The number of benzene rings is 2. The molecule has 0 fully saturated rings. The fourth-order valence-electron chi connectivity index (χ4n) is 4.10. The van der Waals surface area contributed by atoms with Crippen LogP contribution in [-0.2, 0) is 12.8 Å². The number of ether oxygens (including phenoxy) is 1. The number of allylic oxidation sites excluding steroid dienone is 1. The Morgan fingerprint density at radius 3 is 2.56 bits per heavy atom. The largest absolute Gasteiger partial charge is 0.493 e. The number of carbonyl (C=O) groups excluding carboxylic acids is 2. The summed E-state index contributed by atoms with van der Waals surface area (Å²) in [6.45, 7) is 5.86. The minimum absolute atomic E-state index is 0. The van der Waals surface area contributed by atoms with E-state index in [1.165, 1.54) is 0 Å². The molecule has 6 nitrogen and oxygen atoms in total. The van der Waals surface area contributed by atoms with Gasteiger partial charge in [-0.3, -0.25) is 9.59 Å². The van der Waals surface area contributed by atoms with Gasteiger partial charge in [0.05, 0.1) is 18.6 Å². The summed E-state index contributed by atoms with van der Waals surface area (Å²) in [6, 6.07) is 13.2. The fourth-order valence-corrected chi connectivity index (χ4v) is 4.10. The summed E-state index contributed by atoms with van der Waals surface area (Å²) in [5.74, 6) is 0.866. The SMILES string of the molecule is CCN(CC)C(=O)c1ccc(C=C2CCc3cc(OCCc4c[nH]cn4)ccc3C2=O)cc1.Cl. The third kappa shape index (κ3) is 5.75. The number of hydrogen-bond acceptors (Lipinski definition) is 4. The summed E-state index contributed by atoms with van der Waals surface area (Å²) >= 11 is 0. The van der Waals surface area contributed by atoms with Crippen LogP contribution in [0.1, 0.15) is 57.8 Å². The zero-order valence-electron chi connectivity index (χ0n) is 19.5. The zero-order valence-corrected chi connectivity index (χ0v) is 20.4. The molecule has 1 amide bonds. The molecule has 1 aromatic heterocycles. The van der Waals surface area contributed by atoms with Crippen molar-refractivity contribution < 1.29 is 14.3 Å². The van der Waals surface area contributed by atoms with Gasteiger partial charge >= 0.3 is 0 Å². The minimum Gasteiger partial charge on any atom is -0.493 e. The van der Waals surface area contributed by atoms with Crippen molar-refractivity contribution in [2.24, 2.45) is 0 Å². The van der Waals surface area contributed by atoms with Gasteiger partial charge in [-0.05, 0) is 74.2 Å². The second-order valence-electron chi connectivity index (χ2n) is 8.08. The predicted molar refractivity (Wildman–Crippen MR) is 136 cm³/mol. The Labute approximate surface area is 206 Å². The van der Waals surface area contributed by atoms with Crippen molar-refractivity contribution >= 4 is 30.2 Å². The van der Waals surface area contributed by atoms with Crippen molar-refractivity contribution in [2.45, 2.75) is 33.1 Å². The molecule has 0 spiro atoms. The highest BCUT2D eigenvalue weighted by molar-refractivity contribution is 6.13. The van der Waals surface area contributed by atoms with E-state index in [1.807, 2.05) is 68.6 Å². The first kappa shape index (κ1) is 25.2. The Kier molecular flexibility index (Phi) is 8.66. The zero-order chi connectivity index (χ0) is 23.2. The van der Waals surface area contributed by atoms with Crippen molar-refractivity contribution in [3.05, 3.63) is 88.5 Å². The lowest BCUT2D eigenvalue weighted by atomic mass is 9.86. The van der Waals surface area contributed by atoms with Crippen LogP contribution < -0.4 is 4.74 Å². The monoisotopic (exact) mass is 479 g/mol. The van der Waals surface area contributed by atoms with E-state index < -0.39 is 0 Å². The summed E-state index contributed by atoms with van der Waals surface area (Å²) in [4.78, 5) is 34.5. The van der Waals surface area contributed by atoms with Crippen LogP contribution in [0.3, 0.4) is 0 Å². The number of amides is 1. The van der Waals surface area contributed by atoms with Gasteiger partial charge in [0.25, 0.3) is 5.91 Å². The van der Waals surface area contributed by atoms with Crippen molar-refractivity contribution in [1.82, 2.24) is 14.9 Å². The van der Waals surface area contributed by atoms with E-state index in [0.29, 0.717) is 31.7 Å². The topological polar surface area (TPSA) is 75.3 Å². The molecule has 0 aliphatic heterocycles. The molecule has 0 atom stereocenters. The van der Waals surface area contributed by atoms with Crippen molar-refractivity contribution in [2.75, 3.05) is 19.7 Å². The number of aryl methyl sites for hydroxylation is 1. The van der Waals surface area contributed by atoms with Gasteiger partial charge in [-0.25, -0.2) is 4.98 Å². The molecule has 1 N–H and O–H groups in total. The van der Waals surface area contributed by atoms with Gasteiger partial charge in [-0.2, -0.15) is 0 Å². The third-order valence-corrected chi connectivity index (χ3v) is 6.01. The smallest absolute Gasteiger partial charge is 0.253 e. The highest BCUT2D eigenvalue weighted by Gasteiger charge is 2.22. The molecule has 34 heavy (non-hydrogen) atoms. The molecule has 0 radical (unpaired) electrons. The summed E-state index contributed by atoms with van der Waals surface area (Å²) in [5.41, 5.74) is 5.10. The number of imidazole rings is 1. The highest BCUT2D eigenvalue weighted by Crippen LogP contribution is 2.29. The van der Waals surface area contributed by atoms with Crippen LogP contribution in [0, 0.1) is 0 Å². The molecule has 4 rings (SSSR count). The first-order chi connectivity index (χ1) is 16.1. The van der Waals surface area contributed by atoms with Crippen LogP contribution in [0.5, 0.6) is 5.75 Å². The Hall–Kier alpha value is -3.38. The van der Waals surface area contributed by atoms with Crippen LogP contribution >= 0.6 is 12.4 Å². The number of nitrogens with zero attached hydrogens (tertiary/aromatic N) is 2. The van der Waals surface area contributed by atoms with E-state index >= 15 is 0 Å². The van der Waals surface area contributed by atoms with Gasteiger partial charge in [0.15, 0.2) is 5.78 Å². The number of aromatic amines is 1. The van der Waals surface area contributed by atoms with Crippen LogP contribution in [-0.4, -0.2) is 46.3 Å². The number of nitrogens with one attached hydrogen (secondary N) is 1. The Bertz CT molecular complexity index is 1150. The molecule has 1 heterocycles. The normalized spacial score (nSPS) is 13.8. The van der Waals surface area contributed by atoms with E-state index in [4.69, 9.17) is 4.74 Å². The summed E-state index contributed by atoms with van der Waals surface area (Å²) in [7, 11) is 0.